The molecule has 2 fully saturated rings. The number of carbonyl (C=O) groups excluding carboxylic acids is 1. The molecular formula is C16H20BrN5O2. The lowest BCUT2D eigenvalue weighted by atomic mass is 10.2. The maximum atomic E-state index is 12.2. The van der Waals surface area contributed by atoms with E-state index < -0.39 is 0 Å². The first-order chi connectivity index (χ1) is 11.7. The summed E-state index contributed by atoms with van der Waals surface area (Å²) in [6.07, 6.45) is 5.94. The summed E-state index contributed by atoms with van der Waals surface area (Å²) in [6, 6.07) is 3.97. The van der Waals surface area contributed by atoms with Crippen molar-refractivity contribution in [2.45, 2.75) is 31.7 Å². The van der Waals surface area contributed by atoms with E-state index in [1.807, 2.05) is 17.0 Å². The van der Waals surface area contributed by atoms with Crippen LogP contribution in [0.4, 0.5) is 10.6 Å². The summed E-state index contributed by atoms with van der Waals surface area (Å²) in [7, 11) is 0. The molecule has 0 unspecified atom stereocenters. The number of anilines is 1. The molecule has 0 spiro atoms. The number of nitrogens with zero attached hydrogens (tertiary/aromatic N) is 4. The monoisotopic (exact) mass is 393 g/mol. The van der Waals surface area contributed by atoms with Gasteiger partial charge in [-0.3, -0.25) is 0 Å². The number of rotatable bonds is 5. The van der Waals surface area contributed by atoms with E-state index in [0.29, 0.717) is 19.1 Å². The first-order valence-electron chi connectivity index (χ1n) is 8.38. The van der Waals surface area contributed by atoms with Gasteiger partial charge in [0.15, 0.2) is 5.65 Å². The Bertz CT molecular complexity index is 745. The quantitative estimate of drug-likeness (QED) is 0.845. The van der Waals surface area contributed by atoms with E-state index in [1.54, 1.807) is 10.7 Å². The fourth-order valence-corrected chi connectivity index (χ4v) is 3.37. The average molecular weight is 394 g/mol. The third kappa shape index (κ3) is 3.33. The lowest BCUT2D eigenvalue weighted by Crippen LogP contribution is -2.40. The summed E-state index contributed by atoms with van der Waals surface area (Å²) in [5.74, 6) is 1.36. The molecule has 2 aliphatic rings. The zero-order valence-electron chi connectivity index (χ0n) is 13.3. The Labute approximate surface area is 148 Å². The van der Waals surface area contributed by atoms with Gasteiger partial charge in [0.2, 0.25) is 0 Å². The van der Waals surface area contributed by atoms with Crippen LogP contribution < -0.4 is 5.32 Å². The summed E-state index contributed by atoms with van der Waals surface area (Å²) in [5.41, 5.74) is 0.790. The fraction of sp³-hybridized carbons (Fsp3) is 0.562. The molecule has 3 heterocycles. The summed E-state index contributed by atoms with van der Waals surface area (Å²) < 4.78 is 7.97. The molecule has 1 aliphatic carbocycles. The highest BCUT2D eigenvalue weighted by Crippen LogP contribution is 2.29. The van der Waals surface area contributed by atoms with E-state index in [2.05, 4.69) is 31.3 Å². The summed E-state index contributed by atoms with van der Waals surface area (Å²) >= 11 is 3.42. The number of fused-ring (bicyclic) bond motifs is 1. The van der Waals surface area contributed by atoms with Gasteiger partial charge in [0.05, 0.1) is 18.8 Å². The molecule has 2 aromatic rings. The van der Waals surface area contributed by atoms with Gasteiger partial charge in [-0.2, -0.15) is 0 Å². The van der Waals surface area contributed by atoms with Crippen molar-refractivity contribution in [2.75, 3.05) is 25.0 Å². The second-order valence-electron chi connectivity index (χ2n) is 6.46. The number of hydrogen-bond donors (Lipinski definition) is 1. The van der Waals surface area contributed by atoms with Gasteiger partial charge in [-0.05, 0) is 59.7 Å². The number of carbonyl (C=O) groups is 1. The van der Waals surface area contributed by atoms with Crippen LogP contribution in [0.1, 0.15) is 25.7 Å². The lowest BCUT2D eigenvalue weighted by molar-refractivity contribution is 0.0956. The number of halogens is 1. The molecule has 1 atom stereocenters. The first-order valence-corrected chi connectivity index (χ1v) is 9.17. The van der Waals surface area contributed by atoms with Crippen molar-refractivity contribution in [1.82, 2.24) is 19.5 Å². The maximum Gasteiger partial charge on any atom is 0.410 e. The molecule has 1 saturated heterocycles. The van der Waals surface area contributed by atoms with Crippen molar-refractivity contribution in [3.05, 3.63) is 22.9 Å². The molecule has 7 nitrogen and oxygen atoms in total. The lowest BCUT2D eigenvalue weighted by Gasteiger charge is -2.24. The van der Waals surface area contributed by atoms with Gasteiger partial charge < -0.3 is 15.0 Å². The summed E-state index contributed by atoms with van der Waals surface area (Å²) in [5, 5.41) is 7.82. The van der Waals surface area contributed by atoms with Crippen LogP contribution in [0.5, 0.6) is 0 Å². The van der Waals surface area contributed by atoms with Crippen molar-refractivity contribution in [1.29, 1.82) is 0 Å². The van der Waals surface area contributed by atoms with Gasteiger partial charge in [0, 0.05) is 13.1 Å². The van der Waals surface area contributed by atoms with Gasteiger partial charge in [-0.15, -0.1) is 5.10 Å². The Kier molecular flexibility index (Phi) is 4.30. The van der Waals surface area contributed by atoms with E-state index in [1.165, 1.54) is 12.8 Å². The van der Waals surface area contributed by atoms with Crippen molar-refractivity contribution >= 4 is 33.5 Å². The topological polar surface area (TPSA) is 71.8 Å². The van der Waals surface area contributed by atoms with E-state index in [9.17, 15) is 4.79 Å². The number of nitrogens with one attached hydrogen (secondary N) is 1. The smallest absolute Gasteiger partial charge is 0.410 e. The molecule has 0 bridgehead atoms. The standard InChI is InChI=1S/C16H20BrN5O2/c17-13-9-19-15-6-5-14(20-22(13)15)18-8-12-2-1-7-21(12)16(23)24-10-11-3-4-11/h5-6,9,11-12H,1-4,7-8,10H2,(H,18,20)/t12-/m0/s1. The Morgan fingerprint density at radius 2 is 2.25 bits per heavy atom. The van der Waals surface area contributed by atoms with Crippen LogP contribution in [-0.4, -0.2) is 51.3 Å². The van der Waals surface area contributed by atoms with Crippen LogP contribution in [-0.2, 0) is 4.74 Å². The predicted octanol–water partition coefficient (Wildman–Crippen LogP) is 2.91. The van der Waals surface area contributed by atoms with E-state index in [4.69, 9.17) is 4.74 Å². The second kappa shape index (κ2) is 6.58. The largest absolute Gasteiger partial charge is 0.449 e. The van der Waals surface area contributed by atoms with Crippen LogP contribution in [0.25, 0.3) is 5.65 Å². The Morgan fingerprint density at radius 1 is 1.38 bits per heavy atom. The molecule has 128 valence electrons. The van der Waals surface area contributed by atoms with Gasteiger partial charge in [0.1, 0.15) is 10.4 Å². The zero-order chi connectivity index (χ0) is 16.5. The molecule has 2 aromatic heterocycles. The molecule has 1 amide bonds. The zero-order valence-corrected chi connectivity index (χ0v) is 14.9. The van der Waals surface area contributed by atoms with Crippen molar-refractivity contribution < 1.29 is 9.53 Å². The van der Waals surface area contributed by atoms with Crippen molar-refractivity contribution in [2.24, 2.45) is 5.92 Å². The highest BCUT2D eigenvalue weighted by atomic mass is 79.9. The predicted molar refractivity (Wildman–Crippen MR) is 93.0 cm³/mol. The minimum atomic E-state index is -0.174. The van der Waals surface area contributed by atoms with Crippen molar-refractivity contribution in [3.63, 3.8) is 0 Å². The molecular weight excluding hydrogens is 374 g/mol. The highest BCUT2D eigenvalue weighted by molar-refractivity contribution is 9.10. The van der Waals surface area contributed by atoms with E-state index in [0.717, 1.165) is 35.5 Å². The Morgan fingerprint density at radius 3 is 3.08 bits per heavy atom. The molecule has 4 rings (SSSR count). The molecule has 24 heavy (non-hydrogen) atoms. The van der Waals surface area contributed by atoms with E-state index >= 15 is 0 Å². The van der Waals surface area contributed by atoms with Crippen LogP contribution in [0, 0.1) is 5.92 Å². The van der Waals surface area contributed by atoms with Crippen LogP contribution in [0.15, 0.2) is 22.9 Å². The SMILES string of the molecule is O=C(OCC1CC1)N1CCC[C@H]1CNc1ccc2ncc(Br)n2n1. The van der Waals surface area contributed by atoms with Gasteiger partial charge >= 0.3 is 6.09 Å². The minimum Gasteiger partial charge on any atom is -0.449 e. The third-order valence-electron chi connectivity index (χ3n) is 4.59. The van der Waals surface area contributed by atoms with E-state index in [-0.39, 0.29) is 12.1 Å². The summed E-state index contributed by atoms with van der Waals surface area (Å²) in [6.45, 7) is 2.01. The second-order valence-corrected chi connectivity index (χ2v) is 7.27. The number of amides is 1. The normalized spacial score (nSPS) is 20.5. The van der Waals surface area contributed by atoms with Gasteiger partial charge in [-0.1, -0.05) is 0 Å². The molecule has 1 aliphatic heterocycles. The summed E-state index contributed by atoms with van der Waals surface area (Å²) in [4.78, 5) is 18.3. The number of aromatic nitrogens is 3. The number of ether oxygens (including phenoxy) is 1. The van der Waals surface area contributed by atoms with Crippen molar-refractivity contribution in [3.8, 4) is 0 Å². The van der Waals surface area contributed by atoms with Gasteiger partial charge in [-0.25, -0.2) is 14.3 Å². The number of hydrogen-bond acceptors (Lipinski definition) is 5. The fourth-order valence-electron chi connectivity index (χ4n) is 3.01. The third-order valence-corrected chi connectivity index (χ3v) is 5.13. The van der Waals surface area contributed by atoms with Crippen LogP contribution >= 0.6 is 15.9 Å². The first kappa shape index (κ1) is 15.7. The Balaban J connectivity index is 1.36. The molecule has 1 saturated carbocycles. The molecule has 0 aromatic carbocycles. The maximum absolute atomic E-state index is 12.2. The highest BCUT2D eigenvalue weighted by Gasteiger charge is 2.31. The number of likely N-dealkylation sites (tertiary alicyclic amines) is 1. The molecule has 8 heteroatoms. The number of imidazole rings is 1. The van der Waals surface area contributed by atoms with Crippen LogP contribution in [0.2, 0.25) is 0 Å². The average Bonchev–Trinajstić information content (AvgIpc) is 3.19. The molecule has 1 N–H and O–H groups in total. The van der Waals surface area contributed by atoms with Crippen LogP contribution in [0.3, 0.4) is 0 Å². The van der Waals surface area contributed by atoms with Gasteiger partial charge in [0.25, 0.3) is 0 Å². The molecule has 0 radical (unpaired) electrons. The minimum absolute atomic E-state index is 0.153. The Hall–Kier alpha value is -1.83.